The Labute approximate surface area is 183 Å². The molecule has 4 rings (SSSR count). The van der Waals surface area contributed by atoms with E-state index in [4.69, 9.17) is 4.74 Å². The van der Waals surface area contributed by atoms with Crippen LogP contribution in [0.15, 0.2) is 30.6 Å². The van der Waals surface area contributed by atoms with Gasteiger partial charge < -0.3 is 4.74 Å². The first kappa shape index (κ1) is 21.9. The van der Waals surface area contributed by atoms with E-state index >= 15 is 0 Å². The highest BCUT2D eigenvalue weighted by Gasteiger charge is 2.38. The fraction of sp³-hybridized carbons (Fsp3) is 0.714. The summed E-state index contributed by atoms with van der Waals surface area (Å²) in [6.07, 6.45) is 19.4. The Morgan fingerprint density at radius 1 is 0.900 bits per heavy atom. The summed E-state index contributed by atoms with van der Waals surface area (Å²) in [6, 6.07) is 6.88. The third-order valence-corrected chi connectivity index (χ3v) is 8.42. The summed E-state index contributed by atoms with van der Waals surface area (Å²) in [5, 5.41) is 0. The minimum Gasteiger partial charge on any atom is -0.494 e. The molecule has 3 aliphatic rings. The number of ether oxygens (including phenoxy) is 1. The van der Waals surface area contributed by atoms with E-state index in [1.165, 1.54) is 89.0 Å². The van der Waals surface area contributed by atoms with Gasteiger partial charge in [-0.25, -0.2) is 4.39 Å². The van der Waals surface area contributed by atoms with Gasteiger partial charge in [0.1, 0.15) is 5.75 Å². The first-order chi connectivity index (χ1) is 14.8. The lowest BCUT2D eigenvalue weighted by atomic mass is 9.61. The number of rotatable bonds is 8. The molecule has 2 heteroatoms. The Balaban J connectivity index is 1.27. The molecule has 1 aromatic carbocycles. The monoisotopic (exact) mass is 412 g/mol. The maximum absolute atomic E-state index is 12.6. The molecule has 2 fully saturated rings. The first-order valence-corrected chi connectivity index (χ1v) is 12.8. The number of fused-ring (bicyclic) bond motifs is 2. The van der Waals surface area contributed by atoms with Crippen LogP contribution in [0.3, 0.4) is 0 Å². The molecule has 3 aliphatic carbocycles. The summed E-state index contributed by atoms with van der Waals surface area (Å²) in [6.45, 7) is 3.11. The minimum atomic E-state index is 0.498. The van der Waals surface area contributed by atoms with E-state index in [-0.39, 0.29) is 0 Å². The van der Waals surface area contributed by atoms with Gasteiger partial charge in [0.05, 0.1) is 12.9 Å². The zero-order valence-corrected chi connectivity index (χ0v) is 19.0. The van der Waals surface area contributed by atoms with E-state index in [0.29, 0.717) is 5.92 Å². The summed E-state index contributed by atoms with van der Waals surface area (Å²) in [4.78, 5) is 0. The molecule has 0 N–H and O–H groups in total. The van der Waals surface area contributed by atoms with Gasteiger partial charge in [0.15, 0.2) is 0 Å². The average Bonchev–Trinajstić information content (AvgIpc) is 2.78. The maximum Gasteiger partial charge on any atom is 0.119 e. The van der Waals surface area contributed by atoms with Gasteiger partial charge in [0, 0.05) is 0 Å². The van der Waals surface area contributed by atoms with E-state index in [1.807, 2.05) is 6.08 Å². The number of unbranched alkanes of at least 4 members (excludes halogenated alkanes) is 3. The van der Waals surface area contributed by atoms with Crippen LogP contribution in [-0.4, -0.2) is 6.61 Å². The molecule has 0 saturated heterocycles. The van der Waals surface area contributed by atoms with Crippen LogP contribution in [0.2, 0.25) is 0 Å². The molecule has 0 aromatic heterocycles. The molecule has 5 atom stereocenters. The van der Waals surface area contributed by atoms with E-state index < -0.39 is 0 Å². The van der Waals surface area contributed by atoms with Crippen LogP contribution in [0.25, 0.3) is 0 Å². The van der Waals surface area contributed by atoms with Crippen molar-refractivity contribution in [1.82, 2.24) is 0 Å². The Morgan fingerprint density at radius 3 is 2.53 bits per heavy atom. The molecule has 0 amide bonds. The third-order valence-electron chi connectivity index (χ3n) is 8.42. The highest BCUT2D eigenvalue weighted by molar-refractivity contribution is 5.37. The lowest BCUT2D eigenvalue weighted by Gasteiger charge is -2.44. The number of hydrogen-bond acceptors (Lipinski definition) is 1. The Kier molecular flexibility index (Phi) is 7.90. The standard InChI is InChI=1S/C28H41FO/c1-2-3-4-5-16-30-28-13-12-26-19-25(10-11-27(26)20-28)24-9-8-22-17-21(14-15-29)6-7-23(22)18-24/h12-15,20-25H,2-11,16-19H2,1H3/b15-14+. The summed E-state index contributed by atoms with van der Waals surface area (Å²) in [5.41, 5.74) is 3.10. The lowest BCUT2D eigenvalue weighted by molar-refractivity contribution is 0.0809. The van der Waals surface area contributed by atoms with Crippen molar-refractivity contribution in [2.24, 2.45) is 29.6 Å². The van der Waals surface area contributed by atoms with Gasteiger partial charge in [-0.3, -0.25) is 0 Å². The molecule has 30 heavy (non-hydrogen) atoms. The summed E-state index contributed by atoms with van der Waals surface area (Å²) in [7, 11) is 0. The van der Waals surface area contributed by atoms with E-state index in [0.717, 1.165) is 42.4 Å². The van der Waals surface area contributed by atoms with Crippen molar-refractivity contribution in [3.05, 3.63) is 41.7 Å². The highest BCUT2D eigenvalue weighted by Crippen LogP contribution is 2.48. The van der Waals surface area contributed by atoms with Crippen LogP contribution in [0.5, 0.6) is 5.75 Å². The second-order valence-corrected chi connectivity index (χ2v) is 10.3. The molecule has 1 aromatic rings. The van der Waals surface area contributed by atoms with Gasteiger partial charge in [-0.05, 0) is 117 Å². The third kappa shape index (κ3) is 5.48. The van der Waals surface area contributed by atoms with Gasteiger partial charge in [0.2, 0.25) is 0 Å². The molecule has 166 valence electrons. The molecule has 0 spiro atoms. The Morgan fingerprint density at radius 2 is 1.70 bits per heavy atom. The van der Waals surface area contributed by atoms with E-state index in [2.05, 4.69) is 25.1 Å². The van der Waals surface area contributed by atoms with Gasteiger partial charge in [-0.1, -0.05) is 38.3 Å². The quantitative estimate of drug-likeness (QED) is 0.392. The van der Waals surface area contributed by atoms with E-state index in [1.54, 1.807) is 5.56 Å². The summed E-state index contributed by atoms with van der Waals surface area (Å²) >= 11 is 0. The average molecular weight is 413 g/mol. The number of aryl methyl sites for hydroxylation is 1. The Hall–Kier alpha value is -1.31. The second kappa shape index (κ2) is 10.8. The van der Waals surface area contributed by atoms with Crippen molar-refractivity contribution in [2.45, 2.75) is 90.4 Å². The van der Waals surface area contributed by atoms with Crippen molar-refractivity contribution >= 4 is 0 Å². The molecule has 2 saturated carbocycles. The van der Waals surface area contributed by atoms with E-state index in [9.17, 15) is 4.39 Å². The zero-order chi connectivity index (χ0) is 20.8. The van der Waals surface area contributed by atoms with Gasteiger partial charge in [-0.2, -0.15) is 0 Å². The SMILES string of the molecule is CCCCCCOc1ccc2c(c1)CCC(C1CCC3CC(/C=C/F)CCC3C1)C2. The topological polar surface area (TPSA) is 9.23 Å². The normalized spacial score (nSPS) is 31.3. The van der Waals surface area contributed by atoms with Crippen LogP contribution in [0, 0.1) is 29.6 Å². The van der Waals surface area contributed by atoms with Gasteiger partial charge >= 0.3 is 0 Å². The molecular formula is C28H41FO. The predicted molar refractivity (Wildman–Crippen MR) is 124 cm³/mol. The van der Waals surface area contributed by atoms with Crippen LogP contribution in [-0.2, 0) is 12.8 Å². The molecule has 0 radical (unpaired) electrons. The molecule has 1 nitrogen and oxygen atoms in total. The molecule has 0 heterocycles. The summed E-state index contributed by atoms with van der Waals surface area (Å²) in [5.74, 6) is 5.09. The smallest absolute Gasteiger partial charge is 0.119 e. The first-order valence-electron chi connectivity index (χ1n) is 12.8. The fourth-order valence-corrected chi connectivity index (χ4v) is 6.64. The number of halogens is 1. The zero-order valence-electron chi connectivity index (χ0n) is 19.0. The fourth-order valence-electron chi connectivity index (χ4n) is 6.64. The van der Waals surface area contributed by atoms with Crippen molar-refractivity contribution < 1.29 is 9.13 Å². The second-order valence-electron chi connectivity index (χ2n) is 10.3. The lowest BCUT2D eigenvalue weighted by Crippen LogP contribution is -2.34. The largest absolute Gasteiger partial charge is 0.494 e. The van der Waals surface area contributed by atoms with Crippen LogP contribution < -0.4 is 4.74 Å². The molecular weight excluding hydrogens is 371 g/mol. The highest BCUT2D eigenvalue weighted by atomic mass is 19.1. The molecule has 5 unspecified atom stereocenters. The Bertz CT molecular complexity index is 696. The number of benzene rings is 1. The van der Waals surface area contributed by atoms with Crippen LogP contribution >= 0.6 is 0 Å². The summed E-state index contributed by atoms with van der Waals surface area (Å²) < 4.78 is 18.6. The maximum atomic E-state index is 12.6. The molecule has 0 bridgehead atoms. The van der Waals surface area contributed by atoms with Gasteiger partial charge in [0.25, 0.3) is 0 Å². The van der Waals surface area contributed by atoms with Crippen molar-refractivity contribution in [3.63, 3.8) is 0 Å². The number of hydrogen-bond donors (Lipinski definition) is 0. The van der Waals surface area contributed by atoms with Crippen LogP contribution in [0.1, 0.15) is 88.7 Å². The van der Waals surface area contributed by atoms with Crippen molar-refractivity contribution in [2.75, 3.05) is 6.61 Å². The minimum absolute atomic E-state index is 0.498. The van der Waals surface area contributed by atoms with Gasteiger partial charge in [-0.15, -0.1) is 0 Å². The number of allylic oxidation sites excluding steroid dienone is 1. The van der Waals surface area contributed by atoms with Crippen LogP contribution in [0.4, 0.5) is 4.39 Å². The van der Waals surface area contributed by atoms with Crippen molar-refractivity contribution in [3.8, 4) is 5.75 Å². The molecule has 0 aliphatic heterocycles. The predicted octanol–water partition coefficient (Wildman–Crippen LogP) is 8.07. The van der Waals surface area contributed by atoms with Crippen molar-refractivity contribution in [1.29, 1.82) is 0 Å².